The fourth-order valence-corrected chi connectivity index (χ4v) is 5.79. The van der Waals surface area contributed by atoms with Crippen LogP contribution >= 0.6 is 0 Å². The first-order chi connectivity index (χ1) is 19.1. The molecule has 214 valence electrons. The number of anilines is 1. The minimum atomic E-state index is -3.92. The van der Waals surface area contributed by atoms with Crippen molar-refractivity contribution in [1.82, 2.24) is 9.80 Å². The summed E-state index contributed by atoms with van der Waals surface area (Å²) in [4.78, 5) is 17.6. The summed E-state index contributed by atoms with van der Waals surface area (Å²) < 4.78 is 40.2. The molecular weight excluding hydrogens is 530 g/mol. The molecule has 1 heterocycles. The molecule has 9 nitrogen and oxygen atoms in total. The highest BCUT2D eigenvalue weighted by atomic mass is 32.2. The Hall–Kier alpha value is -3.60. The average molecular weight is 568 g/mol. The summed E-state index contributed by atoms with van der Waals surface area (Å²) in [5.74, 6) is 0.554. The highest BCUT2D eigenvalue weighted by Crippen LogP contribution is 2.31. The van der Waals surface area contributed by atoms with E-state index in [-0.39, 0.29) is 40.7 Å². The van der Waals surface area contributed by atoms with Crippen molar-refractivity contribution in [2.45, 2.75) is 37.4 Å². The summed E-state index contributed by atoms with van der Waals surface area (Å²) in [7, 11) is -0.383. The third-order valence-electron chi connectivity index (χ3n) is 7.07. The Bertz CT molecular complexity index is 1400. The van der Waals surface area contributed by atoms with Crippen LogP contribution in [0.2, 0.25) is 0 Å². The first-order valence-corrected chi connectivity index (χ1v) is 14.7. The standard InChI is InChI=1S/C30H37N3O6S/c1-21-17-33(22(2)20-34)30(35)27-16-24(31-40(36,37)26-13-11-25(38-4)12-14-26)10-15-28(27)39-29(21)19-32(3)18-23-8-6-5-7-9-23/h5-16,21-22,29,31,34H,17-20H2,1-4H3/t21-,22-,29-/m0/s1. The van der Waals surface area contributed by atoms with Gasteiger partial charge in [0, 0.05) is 31.2 Å². The van der Waals surface area contributed by atoms with Crippen molar-refractivity contribution < 1.29 is 27.8 Å². The fourth-order valence-electron chi connectivity index (χ4n) is 4.74. The van der Waals surface area contributed by atoms with Gasteiger partial charge in [0.05, 0.1) is 30.2 Å². The number of aliphatic hydroxyl groups is 1. The summed E-state index contributed by atoms with van der Waals surface area (Å²) in [6, 6.07) is 20.5. The molecule has 10 heteroatoms. The lowest BCUT2D eigenvalue weighted by atomic mass is 9.99. The molecule has 40 heavy (non-hydrogen) atoms. The van der Waals surface area contributed by atoms with Crippen molar-refractivity contribution in [3.8, 4) is 11.5 Å². The predicted molar refractivity (Wildman–Crippen MR) is 154 cm³/mol. The van der Waals surface area contributed by atoms with Gasteiger partial charge in [-0.05, 0) is 62.0 Å². The molecule has 0 saturated carbocycles. The molecule has 3 aromatic rings. The summed E-state index contributed by atoms with van der Waals surface area (Å²) in [5.41, 5.74) is 1.65. The molecule has 4 rings (SSSR count). The summed E-state index contributed by atoms with van der Waals surface area (Å²) in [6.45, 7) is 5.36. The smallest absolute Gasteiger partial charge is 0.261 e. The monoisotopic (exact) mass is 567 g/mol. The van der Waals surface area contributed by atoms with E-state index in [4.69, 9.17) is 9.47 Å². The number of benzene rings is 3. The van der Waals surface area contributed by atoms with Gasteiger partial charge in [-0.3, -0.25) is 14.4 Å². The van der Waals surface area contributed by atoms with Gasteiger partial charge in [0.15, 0.2) is 0 Å². The third-order valence-corrected chi connectivity index (χ3v) is 8.47. The normalized spacial score (nSPS) is 18.4. The molecular formula is C30H37N3O6S. The molecule has 0 aliphatic carbocycles. The number of carbonyl (C=O) groups is 1. The molecule has 1 amide bonds. The van der Waals surface area contributed by atoms with Gasteiger partial charge >= 0.3 is 0 Å². The molecule has 1 aliphatic rings. The number of ether oxygens (including phenoxy) is 2. The van der Waals surface area contributed by atoms with E-state index < -0.39 is 16.1 Å². The van der Waals surface area contributed by atoms with Crippen molar-refractivity contribution in [1.29, 1.82) is 0 Å². The van der Waals surface area contributed by atoms with Gasteiger partial charge in [-0.2, -0.15) is 0 Å². The molecule has 0 saturated heterocycles. The minimum Gasteiger partial charge on any atom is -0.497 e. The Kier molecular flexibility index (Phi) is 9.34. The maximum absolute atomic E-state index is 13.7. The number of aliphatic hydroxyl groups excluding tert-OH is 1. The summed E-state index contributed by atoms with van der Waals surface area (Å²) in [6.07, 6.45) is -0.254. The topological polar surface area (TPSA) is 108 Å². The number of carbonyl (C=O) groups excluding carboxylic acids is 1. The van der Waals surface area contributed by atoms with Gasteiger partial charge in [0.1, 0.15) is 17.6 Å². The van der Waals surface area contributed by atoms with Crippen molar-refractivity contribution in [3.63, 3.8) is 0 Å². The van der Waals surface area contributed by atoms with Gasteiger partial charge in [-0.15, -0.1) is 0 Å². The predicted octanol–water partition coefficient (Wildman–Crippen LogP) is 3.85. The number of amides is 1. The summed E-state index contributed by atoms with van der Waals surface area (Å²) in [5, 5.41) is 9.91. The number of nitrogens with zero attached hydrogens (tertiary/aromatic N) is 2. The van der Waals surface area contributed by atoms with Crippen LogP contribution in [0, 0.1) is 5.92 Å². The molecule has 3 aromatic carbocycles. The molecule has 1 aliphatic heterocycles. The highest BCUT2D eigenvalue weighted by Gasteiger charge is 2.33. The zero-order chi connectivity index (χ0) is 28.9. The van der Waals surface area contributed by atoms with Crippen LogP contribution in [0.25, 0.3) is 0 Å². The number of likely N-dealkylation sites (N-methyl/N-ethyl adjacent to an activating group) is 1. The van der Waals surface area contributed by atoms with Crippen LogP contribution in [0.5, 0.6) is 11.5 Å². The van der Waals surface area contributed by atoms with E-state index in [0.29, 0.717) is 24.6 Å². The number of sulfonamides is 1. The Balaban J connectivity index is 1.62. The Labute approximate surface area is 236 Å². The maximum atomic E-state index is 13.7. The van der Waals surface area contributed by atoms with Crippen LogP contribution in [0.3, 0.4) is 0 Å². The molecule has 0 aromatic heterocycles. The zero-order valence-corrected chi connectivity index (χ0v) is 24.1. The van der Waals surface area contributed by atoms with E-state index in [2.05, 4.69) is 21.8 Å². The largest absolute Gasteiger partial charge is 0.497 e. The van der Waals surface area contributed by atoms with Crippen molar-refractivity contribution in [2.24, 2.45) is 5.92 Å². The van der Waals surface area contributed by atoms with Crippen LogP contribution in [-0.2, 0) is 16.6 Å². The van der Waals surface area contributed by atoms with E-state index in [0.717, 1.165) is 6.54 Å². The third kappa shape index (κ3) is 6.93. The van der Waals surface area contributed by atoms with E-state index in [1.807, 2.05) is 32.2 Å². The second-order valence-electron chi connectivity index (χ2n) is 10.3. The SMILES string of the molecule is COc1ccc(S(=O)(=O)Nc2ccc3c(c2)C(=O)N([C@@H](C)CO)C[C@H](C)[C@H](CN(C)Cc2ccccc2)O3)cc1. The average Bonchev–Trinajstić information content (AvgIpc) is 2.95. The van der Waals surface area contributed by atoms with Gasteiger partial charge in [0.25, 0.3) is 15.9 Å². The second-order valence-corrected chi connectivity index (χ2v) is 12.0. The second kappa shape index (κ2) is 12.7. The van der Waals surface area contributed by atoms with Crippen LogP contribution in [-0.4, -0.2) is 75.2 Å². The molecule has 3 atom stereocenters. The first-order valence-electron chi connectivity index (χ1n) is 13.2. The lowest BCUT2D eigenvalue weighted by Gasteiger charge is -2.38. The molecule has 0 unspecified atom stereocenters. The van der Waals surface area contributed by atoms with E-state index >= 15 is 0 Å². The fraction of sp³-hybridized carbons (Fsp3) is 0.367. The first kappa shape index (κ1) is 29.4. The maximum Gasteiger partial charge on any atom is 0.261 e. The van der Waals surface area contributed by atoms with Crippen LogP contribution in [0.4, 0.5) is 5.69 Å². The quantitative estimate of drug-likeness (QED) is 0.383. The number of rotatable bonds is 10. The van der Waals surface area contributed by atoms with Crippen LogP contribution in [0.1, 0.15) is 29.8 Å². The molecule has 0 fully saturated rings. The lowest BCUT2D eigenvalue weighted by molar-refractivity contribution is 0.0341. The number of fused-ring (bicyclic) bond motifs is 1. The number of hydrogen-bond acceptors (Lipinski definition) is 7. The zero-order valence-electron chi connectivity index (χ0n) is 23.3. The van der Waals surface area contributed by atoms with Crippen molar-refractivity contribution in [3.05, 3.63) is 83.9 Å². The van der Waals surface area contributed by atoms with E-state index in [9.17, 15) is 18.3 Å². The minimum absolute atomic E-state index is 0.0300. The Morgan fingerprint density at radius 2 is 1.82 bits per heavy atom. The molecule has 0 spiro atoms. The van der Waals surface area contributed by atoms with Gasteiger partial charge in [-0.25, -0.2) is 8.42 Å². The number of nitrogens with one attached hydrogen (secondary N) is 1. The molecule has 0 radical (unpaired) electrons. The lowest BCUT2D eigenvalue weighted by Crippen LogP contribution is -2.49. The van der Waals surface area contributed by atoms with Crippen LogP contribution < -0.4 is 14.2 Å². The molecule has 2 N–H and O–H groups in total. The van der Waals surface area contributed by atoms with Gasteiger partial charge in [-0.1, -0.05) is 37.3 Å². The van der Waals surface area contributed by atoms with Gasteiger partial charge < -0.3 is 19.5 Å². The van der Waals surface area contributed by atoms with Crippen molar-refractivity contribution in [2.75, 3.05) is 38.6 Å². The summed E-state index contributed by atoms with van der Waals surface area (Å²) >= 11 is 0. The number of hydrogen-bond donors (Lipinski definition) is 2. The Morgan fingerprint density at radius 3 is 2.48 bits per heavy atom. The molecule has 0 bridgehead atoms. The van der Waals surface area contributed by atoms with Gasteiger partial charge in [0.2, 0.25) is 0 Å². The van der Waals surface area contributed by atoms with Crippen molar-refractivity contribution >= 4 is 21.6 Å². The number of methoxy groups -OCH3 is 1. The van der Waals surface area contributed by atoms with E-state index in [1.165, 1.54) is 30.9 Å². The Morgan fingerprint density at radius 1 is 1.12 bits per heavy atom. The van der Waals surface area contributed by atoms with Crippen LogP contribution in [0.15, 0.2) is 77.7 Å². The van der Waals surface area contributed by atoms with E-state index in [1.54, 1.807) is 36.1 Å². The highest BCUT2D eigenvalue weighted by molar-refractivity contribution is 7.92.